The standard InChI is InChI=1S/C25H26Cl2FN5O3/c1-15(21-18(26)5-6-19(28)22(21)27)36-25-23(29)31-14-20(32-25)16-3-2-4-17(13-16)24(34)30-7-8-33-9-11-35-12-10-33/h2-6,13-15H,7-12H2,1H3,(H2,29,31)(H,30,34). The van der Waals surface area contributed by atoms with Gasteiger partial charge in [0, 0.05) is 47.9 Å². The fourth-order valence-corrected chi connectivity index (χ4v) is 4.50. The van der Waals surface area contributed by atoms with Crippen molar-refractivity contribution in [3.05, 3.63) is 69.6 Å². The maximum absolute atomic E-state index is 14.0. The monoisotopic (exact) mass is 533 g/mol. The Bertz CT molecular complexity index is 1240. The van der Waals surface area contributed by atoms with E-state index < -0.39 is 11.9 Å². The van der Waals surface area contributed by atoms with Crippen LogP contribution in [-0.2, 0) is 4.74 Å². The summed E-state index contributed by atoms with van der Waals surface area (Å²) in [5.41, 5.74) is 7.85. The van der Waals surface area contributed by atoms with Gasteiger partial charge in [0.05, 0.1) is 30.1 Å². The number of morpholine rings is 1. The lowest BCUT2D eigenvalue weighted by Crippen LogP contribution is -2.41. The molecule has 8 nitrogen and oxygen atoms in total. The number of nitrogen functional groups attached to an aromatic ring is 1. The minimum Gasteiger partial charge on any atom is -0.467 e. The Morgan fingerprint density at radius 2 is 2.06 bits per heavy atom. The van der Waals surface area contributed by atoms with Gasteiger partial charge in [0.2, 0.25) is 0 Å². The maximum atomic E-state index is 14.0. The highest BCUT2D eigenvalue weighted by Gasteiger charge is 2.21. The lowest BCUT2D eigenvalue weighted by atomic mass is 10.1. The van der Waals surface area contributed by atoms with Gasteiger partial charge in [-0.1, -0.05) is 35.3 Å². The number of ether oxygens (including phenoxy) is 2. The van der Waals surface area contributed by atoms with Crippen molar-refractivity contribution in [1.29, 1.82) is 0 Å². The number of carbonyl (C=O) groups excluding carboxylic acids is 1. The second-order valence-corrected chi connectivity index (χ2v) is 9.04. The first-order valence-corrected chi connectivity index (χ1v) is 12.2. The van der Waals surface area contributed by atoms with Gasteiger partial charge in [0.1, 0.15) is 11.9 Å². The molecule has 2 aromatic carbocycles. The zero-order valence-electron chi connectivity index (χ0n) is 19.6. The number of rotatable bonds is 8. The quantitative estimate of drug-likeness (QED) is 0.414. The molecule has 11 heteroatoms. The van der Waals surface area contributed by atoms with Gasteiger partial charge >= 0.3 is 0 Å². The molecular weight excluding hydrogens is 508 g/mol. The third-order valence-corrected chi connectivity index (χ3v) is 6.49. The number of hydrogen-bond acceptors (Lipinski definition) is 7. The zero-order chi connectivity index (χ0) is 25.7. The Balaban J connectivity index is 1.47. The molecule has 3 aromatic rings. The molecule has 1 saturated heterocycles. The highest BCUT2D eigenvalue weighted by Crippen LogP contribution is 2.35. The number of nitrogens with two attached hydrogens (primary N) is 1. The third kappa shape index (κ3) is 6.22. The van der Waals surface area contributed by atoms with Crippen molar-refractivity contribution in [3.63, 3.8) is 0 Å². The highest BCUT2D eigenvalue weighted by molar-refractivity contribution is 6.36. The second kappa shape index (κ2) is 11.8. The summed E-state index contributed by atoms with van der Waals surface area (Å²) in [5.74, 6) is -0.712. The molecular formula is C25H26Cl2FN5O3. The molecule has 190 valence electrons. The first-order chi connectivity index (χ1) is 17.3. The van der Waals surface area contributed by atoms with Crippen LogP contribution in [0, 0.1) is 5.82 Å². The molecule has 1 unspecified atom stereocenters. The molecule has 0 spiro atoms. The number of nitrogens with one attached hydrogen (secondary N) is 1. The summed E-state index contributed by atoms with van der Waals surface area (Å²) in [6, 6.07) is 9.60. The minimum atomic E-state index is -0.754. The van der Waals surface area contributed by atoms with E-state index in [-0.39, 0.29) is 33.2 Å². The van der Waals surface area contributed by atoms with E-state index in [1.165, 1.54) is 18.3 Å². The van der Waals surface area contributed by atoms with Crippen LogP contribution >= 0.6 is 23.2 Å². The van der Waals surface area contributed by atoms with Crippen molar-refractivity contribution in [2.75, 3.05) is 45.1 Å². The average Bonchev–Trinajstić information content (AvgIpc) is 2.88. The number of nitrogens with zero attached hydrogens (tertiary/aromatic N) is 3. The number of carbonyl (C=O) groups is 1. The summed E-state index contributed by atoms with van der Waals surface area (Å²) >= 11 is 12.3. The maximum Gasteiger partial charge on any atom is 0.258 e. The summed E-state index contributed by atoms with van der Waals surface area (Å²) in [4.78, 5) is 23.6. The molecule has 1 atom stereocenters. The molecule has 0 aliphatic carbocycles. The predicted molar refractivity (Wildman–Crippen MR) is 137 cm³/mol. The molecule has 4 rings (SSSR count). The first-order valence-electron chi connectivity index (χ1n) is 11.4. The van der Waals surface area contributed by atoms with Gasteiger partial charge in [-0.15, -0.1) is 0 Å². The smallest absolute Gasteiger partial charge is 0.258 e. The number of benzene rings is 2. The summed E-state index contributed by atoms with van der Waals surface area (Å²) in [7, 11) is 0. The van der Waals surface area contributed by atoms with E-state index in [0.29, 0.717) is 36.6 Å². The predicted octanol–water partition coefficient (Wildman–Crippen LogP) is 4.37. The molecule has 36 heavy (non-hydrogen) atoms. The minimum absolute atomic E-state index is 0.0387. The largest absolute Gasteiger partial charge is 0.467 e. The number of amides is 1. The van der Waals surface area contributed by atoms with Crippen LogP contribution in [0.2, 0.25) is 10.0 Å². The Morgan fingerprint density at radius 1 is 1.28 bits per heavy atom. The average molecular weight is 534 g/mol. The molecule has 1 fully saturated rings. The van der Waals surface area contributed by atoms with Crippen molar-refractivity contribution in [2.24, 2.45) is 0 Å². The van der Waals surface area contributed by atoms with Gasteiger partial charge < -0.3 is 20.5 Å². The van der Waals surface area contributed by atoms with Crippen LogP contribution in [0.4, 0.5) is 10.2 Å². The van der Waals surface area contributed by atoms with Crippen molar-refractivity contribution in [3.8, 4) is 17.1 Å². The van der Waals surface area contributed by atoms with E-state index in [9.17, 15) is 9.18 Å². The first kappa shape index (κ1) is 26.1. The Labute approximate surface area is 218 Å². The van der Waals surface area contributed by atoms with Gasteiger partial charge in [-0.2, -0.15) is 0 Å². The topological polar surface area (TPSA) is 103 Å². The van der Waals surface area contributed by atoms with Crippen LogP contribution in [0.15, 0.2) is 42.6 Å². The normalized spacial score (nSPS) is 14.9. The van der Waals surface area contributed by atoms with E-state index in [4.69, 9.17) is 38.4 Å². The van der Waals surface area contributed by atoms with Gasteiger partial charge in [-0.3, -0.25) is 9.69 Å². The summed E-state index contributed by atoms with van der Waals surface area (Å²) in [6.07, 6.45) is 0.737. The summed E-state index contributed by atoms with van der Waals surface area (Å²) in [5, 5.41) is 3.07. The molecule has 0 bridgehead atoms. The van der Waals surface area contributed by atoms with Crippen LogP contribution in [0.5, 0.6) is 5.88 Å². The van der Waals surface area contributed by atoms with Gasteiger partial charge in [-0.25, -0.2) is 14.4 Å². The molecule has 2 heterocycles. The Morgan fingerprint density at radius 3 is 2.83 bits per heavy atom. The van der Waals surface area contributed by atoms with E-state index in [2.05, 4.69) is 20.2 Å². The number of aromatic nitrogens is 2. The number of hydrogen-bond donors (Lipinski definition) is 2. The van der Waals surface area contributed by atoms with Crippen LogP contribution in [-0.4, -0.2) is 60.2 Å². The molecule has 1 aliphatic heterocycles. The van der Waals surface area contributed by atoms with Crippen molar-refractivity contribution >= 4 is 34.9 Å². The van der Waals surface area contributed by atoms with Crippen LogP contribution in [0.1, 0.15) is 28.9 Å². The molecule has 0 radical (unpaired) electrons. The number of anilines is 1. The van der Waals surface area contributed by atoms with Crippen molar-refractivity contribution in [1.82, 2.24) is 20.2 Å². The summed E-state index contributed by atoms with van der Waals surface area (Å²) in [6.45, 7) is 6.10. The van der Waals surface area contributed by atoms with E-state index in [0.717, 1.165) is 19.6 Å². The molecule has 1 aliphatic rings. The Kier molecular flexibility index (Phi) is 8.58. The SMILES string of the molecule is CC(Oc1nc(-c2cccc(C(=O)NCCN3CCOCC3)c2)cnc1N)c1c(Cl)ccc(F)c1Cl. The van der Waals surface area contributed by atoms with Crippen LogP contribution < -0.4 is 15.8 Å². The lowest BCUT2D eigenvalue weighted by molar-refractivity contribution is 0.0383. The van der Waals surface area contributed by atoms with Crippen molar-refractivity contribution < 1.29 is 18.7 Å². The molecule has 1 aromatic heterocycles. The Hall–Kier alpha value is -2.98. The van der Waals surface area contributed by atoms with E-state index in [1.54, 1.807) is 31.2 Å². The number of halogens is 3. The van der Waals surface area contributed by atoms with E-state index >= 15 is 0 Å². The zero-order valence-corrected chi connectivity index (χ0v) is 21.2. The molecule has 3 N–H and O–H groups in total. The second-order valence-electron chi connectivity index (χ2n) is 8.25. The fraction of sp³-hybridized carbons (Fsp3) is 0.320. The van der Waals surface area contributed by atoms with E-state index in [1.807, 2.05) is 0 Å². The molecule has 1 amide bonds. The fourth-order valence-electron chi connectivity index (χ4n) is 3.82. The van der Waals surface area contributed by atoms with Crippen LogP contribution in [0.25, 0.3) is 11.3 Å². The van der Waals surface area contributed by atoms with Gasteiger partial charge in [0.25, 0.3) is 11.8 Å². The lowest BCUT2D eigenvalue weighted by Gasteiger charge is -2.26. The highest BCUT2D eigenvalue weighted by atomic mass is 35.5. The summed E-state index contributed by atoms with van der Waals surface area (Å²) < 4.78 is 25.2. The third-order valence-electron chi connectivity index (χ3n) is 5.78. The van der Waals surface area contributed by atoms with Crippen molar-refractivity contribution in [2.45, 2.75) is 13.0 Å². The van der Waals surface area contributed by atoms with Gasteiger partial charge in [-0.05, 0) is 31.2 Å². The molecule has 0 saturated carbocycles. The van der Waals surface area contributed by atoms with Gasteiger partial charge in [0.15, 0.2) is 5.82 Å². The van der Waals surface area contributed by atoms with Crippen LogP contribution in [0.3, 0.4) is 0 Å².